The predicted octanol–water partition coefficient (Wildman–Crippen LogP) is 0.916. The minimum absolute atomic E-state index is 0.0104. The summed E-state index contributed by atoms with van der Waals surface area (Å²) in [4.78, 5) is 10.5. The first-order valence-electron chi connectivity index (χ1n) is 2.68. The number of carbonyl (C=O) groups excluding carboxylic acids is 1. The fourth-order valence-electron chi connectivity index (χ4n) is 0.351. The third-order valence-electron chi connectivity index (χ3n) is 0.864. The first kappa shape index (κ1) is 8.50. The zero-order chi connectivity index (χ0) is 7.28. The van der Waals surface area contributed by atoms with Crippen LogP contribution in [0.1, 0.15) is 6.92 Å². The smallest absolute Gasteiger partial charge is 0.235 e. The highest BCUT2D eigenvalue weighted by atomic mass is 35.5. The molecule has 0 aliphatic carbocycles. The van der Waals surface area contributed by atoms with Crippen LogP contribution in [0.25, 0.3) is 0 Å². The van der Waals surface area contributed by atoms with Gasteiger partial charge < -0.3 is 5.32 Å². The Morgan fingerprint density at radius 3 is 2.89 bits per heavy atom. The summed E-state index contributed by atoms with van der Waals surface area (Å²) in [7, 11) is 0. The van der Waals surface area contributed by atoms with E-state index in [0.717, 1.165) is 0 Å². The Labute approximate surface area is 59.9 Å². The second-order valence-electron chi connectivity index (χ2n) is 1.73. The van der Waals surface area contributed by atoms with E-state index in [-0.39, 0.29) is 17.8 Å². The molecule has 0 spiro atoms. The van der Waals surface area contributed by atoms with Crippen LogP contribution in [0.15, 0.2) is 12.7 Å². The van der Waals surface area contributed by atoms with Crippen LogP contribution in [0.2, 0.25) is 0 Å². The number of rotatable bonds is 3. The van der Waals surface area contributed by atoms with E-state index in [0.29, 0.717) is 0 Å². The summed E-state index contributed by atoms with van der Waals surface area (Å²) >= 11 is 5.21. The van der Waals surface area contributed by atoms with Crippen LogP contribution < -0.4 is 5.32 Å². The van der Waals surface area contributed by atoms with E-state index in [1.165, 1.54) is 0 Å². The van der Waals surface area contributed by atoms with Crippen molar-refractivity contribution in [3.8, 4) is 0 Å². The lowest BCUT2D eigenvalue weighted by atomic mass is 10.3. The fourth-order valence-corrected chi connectivity index (χ4v) is 0.429. The van der Waals surface area contributed by atoms with Crippen LogP contribution in [0.5, 0.6) is 0 Å². The van der Waals surface area contributed by atoms with E-state index >= 15 is 0 Å². The average molecular weight is 148 g/mol. The molecule has 0 aliphatic heterocycles. The highest BCUT2D eigenvalue weighted by molar-refractivity contribution is 6.27. The summed E-state index contributed by atoms with van der Waals surface area (Å²) < 4.78 is 0. The Kier molecular flexibility index (Phi) is 4.14. The van der Waals surface area contributed by atoms with Gasteiger partial charge in [-0.25, -0.2) is 0 Å². The molecule has 0 aromatic rings. The maximum Gasteiger partial charge on any atom is 0.235 e. The van der Waals surface area contributed by atoms with Crippen LogP contribution in [0.4, 0.5) is 0 Å². The molecule has 0 aromatic carbocycles. The van der Waals surface area contributed by atoms with Gasteiger partial charge in [-0.05, 0) is 6.92 Å². The van der Waals surface area contributed by atoms with Crippen molar-refractivity contribution >= 4 is 17.5 Å². The van der Waals surface area contributed by atoms with Gasteiger partial charge >= 0.3 is 0 Å². The molecular weight excluding hydrogens is 138 g/mol. The normalized spacial score (nSPS) is 12.2. The first-order chi connectivity index (χ1) is 4.20. The summed E-state index contributed by atoms with van der Waals surface area (Å²) in [6.45, 7) is 5.32. The molecule has 1 N–H and O–H groups in total. The summed E-state index contributed by atoms with van der Waals surface area (Å²) in [5.74, 6) is -0.151. The zero-order valence-electron chi connectivity index (χ0n) is 5.36. The molecule has 0 bridgehead atoms. The van der Waals surface area contributed by atoms with Gasteiger partial charge in [0.05, 0.1) is 0 Å². The molecule has 0 saturated heterocycles. The van der Waals surface area contributed by atoms with Gasteiger partial charge in [-0.1, -0.05) is 6.08 Å². The standard InChI is InChI=1S/C6H10ClNO/c1-3-5(2)8-6(9)4-7/h3,5H,1,4H2,2H3,(H,8,9)/t5-/m0/s1. The van der Waals surface area contributed by atoms with Gasteiger partial charge in [-0.15, -0.1) is 18.2 Å². The maximum atomic E-state index is 10.5. The molecule has 0 saturated carbocycles. The van der Waals surface area contributed by atoms with Gasteiger partial charge in [0.2, 0.25) is 5.91 Å². The molecule has 1 amide bonds. The van der Waals surface area contributed by atoms with Crippen LogP contribution in [0, 0.1) is 0 Å². The number of hydrogen-bond donors (Lipinski definition) is 1. The molecule has 0 aromatic heterocycles. The Balaban J connectivity index is 3.46. The summed E-state index contributed by atoms with van der Waals surface area (Å²) in [6.07, 6.45) is 1.64. The Morgan fingerprint density at radius 2 is 2.56 bits per heavy atom. The first-order valence-corrected chi connectivity index (χ1v) is 3.22. The number of nitrogens with one attached hydrogen (secondary N) is 1. The Morgan fingerprint density at radius 1 is 2.00 bits per heavy atom. The third kappa shape index (κ3) is 4.03. The van der Waals surface area contributed by atoms with Crippen LogP contribution in [0.3, 0.4) is 0 Å². The zero-order valence-corrected chi connectivity index (χ0v) is 6.11. The van der Waals surface area contributed by atoms with Crippen LogP contribution in [-0.2, 0) is 4.79 Å². The molecule has 1 atom stereocenters. The highest BCUT2D eigenvalue weighted by Crippen LogP contribution is 1.82. The van der Waals surface area contributed by atoms with E-state index in [2.05, 4.69) is 11.9 Å². The highest BCUT2D eigenvalue weighted by Gasteiger charge is 1.99. The average Bonchev–Trinajstić information content (AvgIpc) is 1.87. The summed E-state index contributed by atoms with van der Waals surface area (Å²) in [6, 6.07) is 0.0104. The number of carbonyl (C=O) groups is 1. The van der Waals surface area contributed by atoms with E-state index < -0.39 is 0 Å². The van der Waals surface area contributed by atoms with Crippen molar-refractivity contribution < 1.29 is 4.79 Å². The maximum absolute atomic E-state index is 10.5. The van der Waals surface area contributed by atoms with Gasteiger partial charge in [-0.2, -0.15) is 0 Å². The second-order valence-corrected chi connectivity index (χ2v) is 1.99. The molecule has 0 rings (SSSR count). The molecule has 0 unspecified atom stereocenters. The van der Waals surface area contributed by atoms with Gasteiger partial charge in [-0.3, -0.25) is 4.79 Å². The van der Waals surface area contributed by atoms with E-state index in [1.807, 2.05) is 6.92 Å². The van der Waals surface area contributed by atoms with Crippen molar-refractivity contribution in [1.82, 2.24) is 5.32 Å². The SMILES string of the molecule is C=C[C@H](C)NC(=O)CCl. The second kappa shape index (κ2) is 4.39. The van der Waals surface area contributed by atoms with Gasteiger partial charge in [0.1, 0.15) is 5.88 Å². The monoisotopic (exact) mass is 147 g/mol. The molecule has 0 heterocycles. The lowest BCUT2D eigenvalue weighted by molar-refractivity contribution is -0.118. The minimum atomic E-state index is -0.163. The molecule has 2 nitrogen and oxygen atoms in total. The molecule has 3 heteroatoms. The van der Waals surface area contributed by atoms with Crippen molar-refractivity contribution in [3.63, 3.8) is 0 Å². The van der Waals surface area contributed by atoms with Gasteiger partial charge in [0.25, 0.3) is 0 Å². The molecular formula is C6H10ClNO. The van der Waals surface area contributed by atoms with E-state index in [1.54, 1.807) is 6.08 Å². The minimum Gasteiger partial charge on any atom is -0.349 e. The fraction of sp³-hybridized carbons (Fsp3) is 0.500. The van der Waals surface area contributed by atoms with Gasteiger partial charge in [0, 0.05) is 6.04 Å². The number of amides is 1. The van der Waals surface area contributed by atoms with Gasteiger partial charge in [0.15, 0.2) is 0 Å². The predicted molar refractivity (Wildman–Crippen MR) is 38.5 cm³/mol. The topological polar surface area (TPSA) is 29.1 Å². The van der Waals surface area contributed by atoms with Crippen molar-refractivity contribution in [3.05, 3.63) is 12.7 Å². The quantitative estimate of drug-likeness (QED) is 0.467. The van der Waals surface area contributed by atoms with Crippen molar-refractivity contribution in [2.75, 3.05) is 5.88 Å². The molecule has 0 radical (unpaired) electrons. The molecule has 0 fully saturated rings. The van der Waals surface area contributed by atoms with E-state index in [9.17, 15) is 4.79 Å². The van der Waals surface area contributed by atoms with Crippen LogP contribution in [-0.4, -0.2) is 17.8 Å². The third-order valence-corrected chi connectivity index (χ3v) is 1.11. The number of alkyl halides is 1. The lowest BCUT2D eigenvalue weighted by Crippen LogP contribution is -2.31. The number of halogens is 1. The largest absolute Gasteiger partial charge is 0.349 e. The summed E-state index contributed by atoms with van der Waals surface area (Å²) in [5.41, 5.74) is 0. The lowest BCUT2D eigenvalue weighted by Gasteiger charge is -2.05. The Hall–Kier alpha value is -0.500. The molecule has 9 heavy (non-hydrogen) atoms. The summed E-state index contributed by atoms with van der Waals surface area (Å²) in [5, 5.41) is 2.59. The van der Waals surface area contributed by atoms with Crippen molar-refractivity contribution in [2.24, 2.45) is 0 Å². The van der Waals surface area contributed by atoms with Crippen molar-refractivity contribution in [1.29, 1.82) is 0 Å². The molecule has 52 valence electrons. The van der Waals surface area contributed by atoms with E-state index in [4.69, 9.17) is 11.6 Å². The van der Waals surface area contributed by atoms with Crippen molar-refractivity contribution in [2.45, 2.75) is 13.0 Å². The number of hydrogen-bond acceptors (Lipinski definition) is 1. The molecule has 0 aliphatic rings. The Bertz CT molecular complexity index is 114. The van der Waals surface area contributed by atoms with Crippen LogP contribution >= 0.6 is 11.6 Å².